The second-order valence-electron chi connectivity index (χ2n) is 3.56. The highest BCUT2D eigenvalue weighted by atomic mass is 79.9. The first kappa shape index (κ1) is 10.2. The summed E-state index contributed by atoms with van der Waals surface area (Å²) in [6, 6.07) is 4.05. The zero-order valence-electron chi connectivity index (χ0n) is 7.94. The summed E-state index contributed by atoms with van der Waals surface area (Å²) in [4.78, 5) is 7.84. The lowest BCUT2D eigenvalue weighted by Crippen LogP contribution is -1.88. The van der Waals surface area contributed by atoms with E-state index in [1.54, 1.807) is 0 Å². The maximum Gasteiger partial charge on any atom is 0.109 e. The van der Waals surface area contributed by atoms with Gasteiger partial charge in [0.1, 0.15) is 11.3 Å². The van der Waals surface area contributed by atoms with Gasteiger partial charge in [0.2, 0.25) is 0 Å². The predicted octanol–water partition coefficient (Wildman–Crippen LogP) is 4.21. The van der Waals surface area contributed by atoms with Gasteiger partial charge in [-0.2, -0.15) is 0 Å². The highest BCUT2D eigenvalue weighted by molar-refractivity contribution is 9.11. The van der Waals surface area contributed by atoms with Crippen LogP contribution in [0, 0.1) is 0 Å². The number of rotatable bonds is 1. The lowest BCUT2D eigenvalue weighted by atomic mass is 10.2. The van der Waals surface area contributed by atoms with Crippen LogP contribution in [-0.2, 0) is 0 Å². The molecule has 0 bridgehead atoms. The second kappa shape index (κ2) is 3.66. The number of aromatic nitrogens is 2. The van der Waals surface area contributed by atoms with Crippen LogP contribution in [0.1, 0.15) is 25.6 Å². The van der Waals surface area contributed by atoms with Crippen molar-refractivity contribution in [2.45, 2.75) is 19.8 Å². The van der Waals surface area contributed by atoms with E-state index in [2.05, 4.69) is 55.7 Å². The average molecular weight is 318 g/mol. The zero-order valence-corrected chi connectivity index (χ0v) is 11.1. The van der Waals surface area contributed by atoms with Crippen LogP contribution in [0.25, 0.3) is 11.0 Å². The number of benzene rings is 1. The Hall–Kier alpha value is -0.350. The van der Waals surface area contributed by atoms with Gasteiger partial charge in [0, 0.05) is 14.9 Å². The molecular weight excluding hydrogens is 308 g/mol. The average Bonchev–Trinajstić information content (AvgIpc) is 2.47. The monoisotopic (exact) mass is 316 g/mol. The summed E-state index contributed by atoms with van der Waals surface area (Å²) in [7, 11) is 0. The van der Waals surface area contributed by atoms with Crippen molar-refractivity contribution in [3.63, 3.8) is 0 Å². The summed E-state index contributed by atoms with van der Waals surface area (Å²) in [6.07, 6.45) is 0. The van der Waals surface area contributed by atoms with E-state index in [1.807, 2.05) is 12.1 Å². The van der Waals surface area contributed by atoms with E-state index in [-0.39, 0.29) is 0 Å². The molecule has 2 rings (SSSR count). The number of hydrogen-bond acceptors (Lipinski definition) is 1. The van der Waals surface area contributed by atoms with E-state index < -0.39 is 0 Å². The molecule has 0 amide bonds. The predicted molar refractivity (Wildman–Crippen MR) is 65.6 cm³/mol. The number of nitrogens with one attached hydrogen (secondary N) is 1. The first-order valence-electron chi connectivity index (χ1n) is 4.42. The molecule has 0 saturated heterocycles. The van der Waals surface area contributed by atoms with E-state index in [1.165, 1.54) is 0 Å². The molecule has 0 spiro atoms. The molecule has 4 heteroatoms. The van der Waals surface area contributed by atoms with Crippen molar-refractivity contribution in [3.05, 3.63) is 26.9 Å². The molecule has 0 saturated carbocycles. The van der Waals surface area contributed by atoms with E-state index in [4.69, 9.17) is 0 Å². The number of hydrogen-bond donors (Lipinski definition) is 1. The number of aromatic amines is 1. The van der Waals surface area contributed by atoms with E-state index in [9.17, 15) is 0 Å². The Balaban J connectivity index is 2.70. The molecule has 0 aliphatic heterocycles. The molecule has 0 unspecified atom stereocenters. The van der Waals surface area contributed by atoms with Gasteiger partial charge in [0.05, 0.1) is 5.52 Å². The highest BCUT2D eigenvalue weighted by Gasteiger charge is 2.09. The summed E-state index contributed by atoms with van der Waals surface area (Å²) >= 11 is 6.95. The Labute approximate surface area is 99.4 Å². The highest BCUT2D eigenvalue weighted by Crippen LogP contribution is 2.28. The van der Waals surface area contributed by atoms with Crippen LogP contribution in [0.5, 0.6) is 0 Å². The molecule has 0 radical (unpaired) electrons. The molecule has 0 aliphatic rings. The van der Waals surface area contributed by atoms with Crippen molar-refractivity contribution in [2.75, 3.05) is 0 Å². The Kier molecular flexibility index (Phi) is 2.66. The van der Waals surface area contributed by atoms with Crippen molar-refractivity contribution < 1.29 is 0 Å². The van der Waals surface area contributed by atoms with Crippen LogP contribution in [-0.4, -0.2) is 9.97 Å². The van der Waals surface area contributed by atoms with E-state index >= 15 is 0 Å². The van der Waals surface area contributed by atoms with Crippen molar-refractivity contribution in [2.24, 2.45) is 0 Å². The summed E-state index contributed by atoms with van der Waals surface area (Å²) < 4.78 is 2.07. The fourth-order valence-electron chi connectivity index (χ4n) is 1.33. The van der Waals surface area contributed by atoms with Crippen molar-refractivity contribution in [1.29, 1.82) is 0 Å². The molecule has 1 N–H and O–H groups in total. The van der Waals surface area contributed by atoms with Crippen LogP contribution in [0.3, 0.4) is 0 Å². The second-order valence-corrected chi connectivity index (χ2v) is 5.33. The normalized spacial score (nSPS) is 11.5. The Morgan fingerprint density at radius 2 is 2.00 bits per heavy atom. The molecule has 74 valence electrons. The minimum Gasteiger partial charge on any atom is -0.342 e. The minimum absolute atomic E-state index is 0.424. The Morgan fingerprint density at radius 1 is 1.29 bits per heavy atom. The number of nitrogens with zero attached hydrogens (tertiary/aromatic N) is 1. The lowest BCUT2D eigenvalue weighted by molar-refractivity contribution is 0.799. The van der Waals surface area contributed by atoms with Crippen molar-refractivity contribution >= 4 is 42.9 Å². The SMILES string of the molecule is CC(C)c1nc2c(Br)cc(Br)cc2[nH]1. The molecule has 1 aromatic carbocycles. The fourth-order valence-corrected chi connectivity index (χ4v) is 2.65. The number of H-pyrrole nitrogens is 1. The molecule has 0 aliphatic carbocycles. The molecule has 1 aromatic heterocycles. The van der Waals surface area contributed by atoms with Gasteiger partial charge < -0.3 is 4.98 Å². The van der Waals surface area contributed by atoms with E-state index in [0.29, 0.717) is 5.92 Å². The van der Waals surface area contributed by atoms with Crippen LogP contribution < -0.4 is 0 Å². The standard InChI is InChI=1S/C10H10Br2N2/c1-5(2)10-13-8-4-6(11)3-7(12)9(8)14-10/h3-5H,1-2H3,(H,13,14). The summed E-state index contributed by atoms with van der Waals surface area (Å²) in [5, 5.41) is 0. The van der Waals surface area contributed by atoms with Gasteiger partial charge in [-0.25, -0.2) is 4.98 Å². The summed E-state index contributed by atoms with van der Waals surface area (Å²) in [6.45, 7) is 4.25. The number of fused-ring (bicyclic) bond motifs is 1. The summed E-state index contributed by atoms with van der Waals surface area (Å²) in [5.41, 5.74) is 2.06. The molecular formula is C10H10Br2N2. The molecule has 0 atom stereocenters. The van der Waals surface area contributed by atoms with Gasteiger partial charge in [-0.05, 0) is 28.1 Å². The van der Waals surface area contributed by atoms with Crippen molar-refractivity contribution in [1.82, 2.24) is 9.97 Å². The van der Waals surface area contributed by atoms with E-state index in [0.717, 1.165) is 25.8 Å². The largest absolute Gasteiger partial charge is 0.342 e. The maximum absolute atomic E-state index is 4.53. The molecule has 14 heavy (non-hydrogen) atoms. The number of halogens is 2. The van der Waals surface area contributed by atoms with Gasteiger partial charge in [0.15, 0.2) is 0 Å². The third-order valence-electron chi connectivity index (χ3n) is 2.07. The van der Waals surface area contributed by atoms with Gasteiger partial charge in [0.25, 0.3) is 0 Å². The fraction of sp³-hybridized carbons (Fsp3) is 0.300. The first-order valence-corrected chi connectivity index (χ1v) is 6.01. The lowest BCUT2D eigenvalue weighted by Gasteiger charge is -1.95. The third-order valence-corrected chi connectivity index (χ3v) is 3.13. The van der Waals surface area contributed by atoms with Gasteiger partial charge in [-0.3, -0.25) is 0 Å². The topological polar surface area (TPSA) is 28.7 Å². The first-order chi connectivity index (χ1) is 6.58. The van der Waals surface area contributed by atoms with Gasteiger partial charge >= 0.3 is 0 Å². The number of imidazole rings is 1. The van der Waals surface area contributed by atoms with Crippen LogP contribution in [0.4, 0.5) is 0 Å². The van der Waals surface area contributed by atoms with Gasteiger partial charge in [-0.1, -0.05) is 29.8 Å². The Bertz CT molecular complexity index is 474. The smallest absolute Gasteiger partial charge is 0.109 e. The molecule has 2 nitrogen and oxygen atoms in total. The van der Waals surface area contributed by atoms with Gasteiger partial charge in [-0.15, -0.1) is 0 Å². The van der Waals surface area contributed by atoms with Crippen LogP contribution in [0.15, 0.2) is 21.1 Å². The quantitative estimate of drug-likeness (QED) is 0.838. The van der Waals surface area contributed by atoms with Crippen LogP contribution >= 0.6 is 31.9 Å². The Morgan fingerprint density at radius 3 is 2.64 bits per heavy atom. The maximum atomic E-state index is 4.53. The minimum atomic E-state index is 0.424. The molecule has 0 fully saturated rings. The third kappa shape index (κ3) is 1.73. The zero-order chi connectivity index (χ0) is 10.3. The molecule has 2 aromatic rings. The van der Waals surface area contributed by atoms with Crippen molar-refractivity contribution in [3.8, 4) is 0 Å². The van der Waals surface area contributed by atoms with Crippen LogP contribution in [0.2, 0.25) is 0 Å². The molecule has 1 heterocycles. The summed E-state index contributed by atoms with van der Waals surface area (Å²) in [5.74, 6) is 1.45.